The van der Waals surface area contributed by atoms with Gasteiger partial charge in [0.1, 0.15) is 12.1 Å². The molecule has 1 fully saturated rings. The highest BCUT2D eigenvalue weighted by atomic mass is 16.2. The van der Waals surface area contributed by atoms with Crippen LogP contribution in [0.1, 0.15) is 59.3 Å². The van der Waals surface area contributed by atoms with Crippen molar-refractivity contribution in [2.75, 3.05) is 13.1 Å². The van der Waals surface area contributed by atoms with E-state index in [1.165, 1.54) is 12.8 Å². The van der Waals surface area contributed by atoms with Gasteiger partial charge in [-0.1, -0.05) is 39.0 Å². The Labute approximate surface area is 126 Å². The van der Waals surface area contributed by atoms with Crippen LogP contribution >= 0.6 is 0 Å². The van der Waals surface area contributed by atoms with Crippen LogP contribution in [0.4, 0.5) is 4.79 Å². The number of amides is 4. The van der Waals surface area contributed by atoms with Crippen LogP contribution in [0.15, 0.2) is 0 Å². The zero-order valence-electron chi connectivity index (χ0n) is 13.3. The Morgan fingerprint density at radius 3 is 2.48 bits per heavy atom. The monoisotopic (exact) mass is 297 g/mol. The summed E-state index contributed by atoms with van der Waals surface area (Å²) in [5.74, 6) is -0.609. The molecule has 2 N–H and O–H groups in total. The van der Waals surface area contributed by atoms with Gasteiger partial charge in [0.2, 0.25) is 5.91 Å². The van der Waals surface area contributed by atoms with Crippen LogP contribution in [0, 0.1) is 0 Å². The van der Waals surface area contributed by atoms with E-state index in [1.54, 1.807) is 13.8 Å². The summed E-state index contributed by atoms with van der Waals surface area (Å²) >= 11 is 0. The van der Waals surface area contributed by atoms with Gasteiger partial charge in [-0.25, -0.2) is 4.79 Å². The van der Waals surface area contributed by atoms with E-state index >= 15 is 0 Å². The molecule has 0 aromatic heterocycles. The van der Waals surface area contributed by atoms with Crippen LogP contribution in [-0.2, 0) is 9.59 Å². The van der Waals surface area contributed by atoms with E-state index in [4.69, 9.17) is 0 Å². The Morgan fingerprint density at radius 2 is 1.86 bits per heavy atom. The lowest BCUT2D eigenvalue weighted by Gasteiger charge is -2.21. The second kappa shape index (κ2) is 8.00. The molecular weight excluding hydrogens is 270 g/mol. The lowest BCUT2D eigenvalue weighted by atomic mass is 9.94. The fourth-order valence-electron chi connectivity index (χ4n) is 2.54. The largest absolute Gasteiger partial charge is 0.355 e. The zero-order chi connectivity index (χ0) is 15.9. The Bertz CT molecular complexity index is 398. The predicted octanol–water partition coefficient (Wildman–Crippen LogP) is 1.79. The molecule has 120 valence electrons. The molecule has 1 heterocycles. The Kier molecular flexibility index (Phi) is 6.65. The van der Waals surface area contributed by atoms with Gasteiger partial charge in [-0.05, 0) is 20.3 Å². The van der Waals surface area contributed by atoms with Crippen LogP contribution in [0.25, 0.3) is 0 Å². The molecule has 1 rings (SSSR count). The molecular formula is C15H27N3O3. The van der Waals surface area contributed by atoms with Gasteiger partial charge < -0.3 is 10.6 Å². The van der Waals surface area contributed by atoms with Gasteiger partial charge in [0.05, 0.1) is 0 Å². The van der Waals surface area contributed by atoms with E-state index < -0.39 is 11.6 Å². The van der Waals surface area contributed by atoms with Crippen molar-refractivity contribution in [2.45, 2.75) is 64.8 Å². The van der Waals surface area contributed by atoms with Crippen LogP contribution in [0.5, 0.6) is 0 Å². The molecule has 1 aliphatic heterocycles. The predicted molar refractivity (Wildman–Crippen MR) is 80.7 cm³/mol. The number of urea groups is 1. The number of imide groups is 1. The molecule has 0 saturated carbocycles. The summed E-state index contributed by atoms with van der Waals surface area (Å²) in [6.07, 6.45) is 6.10. The molecule has 1 aliphatic rings. The van der Waals surface area contributed by atoms with Crippen LogP contribution < -0.4 is 10.6 Å². The first-order chi connectivity index (χ1) is 9.94. The molecule has 4 amide bonds. The van der Waals surface area contributed by atoms with Crippen molar-refractivity contribution in [2.24, 2.45) is 0 Å². The van der Waals surface area contributed by atoms with Gasteiger partial charge in [0.25, 0.3) is 5.91 Å². The second-order valence-electron chi connectivity index (χ2n) is 5.77. The fraction of sp³-hybridized carbons (Fsp3) is 0.800. The highest BCUT2D eigenvalue weighted by molar-refractivity contribution is 6.08. The van der Waals surface area contributed by atoms with Gasteiger partial charge in [-0.2, -0.15) is 0 Å². The summed E-state index contributed by atoms with van der Waals surface area (Å²) < 4.78 is 0. The number of carbonyl (C=O) groups excluding carboxylic acids is 3. The standard InChI is InChI=1S/C15H27N3O3/c1-4-6-7-8-9-10-15(3)13(20)18(14(21)17-15)11-12(19)16-5-2/h4-11H2,1-3H3,(H,16,19)(H,17,21). The molecule has 0 aliphatic carbocycles. The smallest absolute Gasteiger partial charge is 0.325 e. The number of nitrogens with one attached hydrogen (secondary N) is 2. The highest BCUT2D eigenvalue weighted by Crippen LogP contribution is 2.24. The highest BCUT2D eigenvalue weighted by Gasteiger charge is 2.47. The summed E-state index contributed by atoms with van der Waals surface area (Å²) in [6.45, 7) is 5.97. The van der Waals surface area contributed by atoms with Crippen LogP contribution in [0.2, 0.25) is 0 Å². The minimum absolute atomic E-state index is 0.204. The molecule has 6 nitrogen and oxygen atoms in total. The molecule has 1 saturated heterocycles. The number of carbonyl (C=O) groups is 3. The number of rotatable bonds is 9. The third-order valence-corrected chi connectivity index (χ3v) is 3.80. The normalized spacial score (nSPS) is 21.6. The lowest BCUT2D eigenvalue weighted by Crippen LogP contribution is -2.45. The Balaban J connectivity index is 2.51. The first kappa shape index (κ1) is 17.5. The average molecular weight is 297 g/mol. The van der Waals surface area contributed by atoms with Crippen molar-refractivity contribution in [3.63, 3.8) is 0 Å². The van der Waals surface area contributed by atoms with Crippen LogP contribution in [0.3, 0.4) is 0 Å². The topological polar surface area (TPSA) is 78.5 Å². The van der Waals surface area contributed by atoms with Crippen molar-refractivity contribution in [1.82, 2.24) is 15.5 Å². The molecule has 0 bridgehead atoms. The van der Waals surface area contributed by atoms with E-state index in [9.17, 15) is 14.4 Å². The number of hydrogen-bond acceptors (Lipinski definition) is 3. The second-order valence-corrected chi connectivity index (χ2v) is 5.77. The molecule has 0 spiro atoms. The third kappa shape index (κ3) is 4.72. The fourth-order valence-corrected chi connectivity index (χ4v) is 2.54. The van der Waals surface area contributed by atoms with Gasteiger partial charge in [-0.3, -0.25) is 14.5 Å². The summed E-state index contributed by atoms with van der Waals surface area (Å²) in [7, 11) is 0. The molecule has 0 aromatic carbocycles. The Hall–Kier alpha value is -1.59. The van der Waals surface area contributed by atoms with Crippen molar-refractivity contribution >= 4 is 17.8 Å². The number of unbranched alkanes of at least 4 members (excludes halogenated alkanes) is 4. The average Bonchev–Trinajstić information content (AvgIpc) is 2.63. The number of nitrogens with zero attached hydrogens (tertiary/aromatic N) is 1. The molecule has 0 aromatic rings. The maximum Gasteiger partial charge on any atom is 0.325 e. The summed E-state index contributed by atoms with van der Waals surface area (Å²) in [6, 6.07) is -0.470. The number of hydrogen-bond donors (Lipinski definition) is 2. The Morgan fingerprint density at radius 1 is 1.19 bits per heavy atom. The first-order valence-corrected chi connectivity index (χ1v) is 7.85. The maximum absolute atomic E-state index is 12.4. The maximum atomic E-state index is 12.4. The van der Waals surface area contributed by atoms with Crippen molar-refractivity contribution in [3.8, 4) is 0 Å². The quantitative estimate of drug-likeness (QED) is 0.503. The van der Waals surface area contributed by atoms with E-state index in [-0.39, 0.29) is 18.4 Å². The van der Waals surface area contributed by atoms with Crippen LogP contribution in [-0.4, -0.2) is 41.4 Å². The van der Waals surface area contributed by atoms with Crippen molar-refractivity contribution < 1.29 is 14.4 Å². The molecule has 21 heavy (non-hydrogen) atoms. The molecule has 1 unspecified atom stereocenters. The first-order valence-electron chi connectivity index (χ1n) is 7.85. The minimum Gasteiger partial charge on any atom is -0.355 e. The summed E-state index contributed by atoms with van der Waals surface area (Å²) in [5.41, 5.74) is -0.865. The van der Waals surface area contributed by atoms with Gasteiger partial charge >= 0.3 is 6.03 Å². The zero-order valence-corrected chi connectivity index (χ0v) is 13.3. The van der Waals surface area contributed by atoms with E-state index in [2.05, 4.69) is 17.6 Å². The molecule has 6 heteroatoms. The summed E-state index contributed by atoms with van der Waals surface area (Å²) in [5, 5.41) is 5.32. The minimum atomic E-state index is -0.865. The SMILES string of the molecule is CCCCCCCC1(C)NC(=O)N(CC(=O)NCC)C1=O. The van der Waals surface area contributed by atoms with E-state index in [0.29, 0.717) is 13.0 Å². The van der Waals surface area contributed by atoms with E-state index in [0.717, 1.165) is 24.2 Å². The van der Waals surface area contributed by atoms with E-state index in [1.807, 2.05) is 0 Å². The van der Waals surface area contributed by atoms with Gasteiger partial charge in [0.15, 0.2) is 0 Å². The molecule has 0 radical (unpaired) electrons. The summed E-state index contributed by atoms with van der Waals surface area (Å²) in [4.78, 5) is 36.8. The number of likely N-dealkylation sites (N-methyl/N-ethyl adjacent to an activating group) is 1. The lowest BCUT2D eigenvalue weighted by molar-refractivity contribution is -0.134. The van der Waals surface area contributed by atoms with Gasteiger partial charge in [-0.15, -0.1) is 0 Å². The van der Waals surface area contributed by atoms with Crippen molar-refractivity contribution in [3.05, 3.63) is 0 Å². The van der Waals surface area contributed by atoms with Crippen molar-refractivity contribution in [1.29, 1.82) is 0 Å². The third-order valence-electron chi connectivity index (χ3n) is 3.80. The van der Waals surface area contributed by atoms with Gasteiger partial charge in [0, 0.05) is 6.54 Å². The molecule has 1 atom stereocenters.